The van der Waals surface area contributed by atoms with Gasteiger partial charge in [-0.3, -0.25) is 4.79 Å². The molecular weight excluding hydrogens is 831 g/mol. The lowest BCUT2D eigenvalue weighted by Crippen LogP contribution is -2.61. The molecule has 1 aromatic carbocycles. The van der Waals surface area contributed by atoms with Gasteiger partial charge < -0.3 is 64.3 Å². The Balaban J connectivity index is 1.85. The van der Waals surface area contributed by atoms with Crippen LogP contribution in [0.5, 0.6) is 0 Å². The highest BCUT2D eigenvalue weighted by Crippen LogP contribution is 2.41. The molecule has 4 rings (SSSR count). The Labute approximate surface area is 370 Å². The van der Waals surface area contributed by atoms with Crippen LogP contribution in [0.2, 0.25) is 0 Å². The zero-order chi connectivity index (χ0) is 47.6. The molecule has 3 aliphatic heterocycles. The second-order valence-corrected chi connectivity index (χ2v) is 19.1. The van der Waals surface area contributed by atoms with E-state index in [0.717, 1.165) is 12.1 Å². The number of cyclic esters (lactones) is 1. The molecule has 0 amide bonds. The van der Waals surface area contributed by atoms with Crippen LogP contribution in [0.25, 0.3) is 0 Å². The number of aliphatic hydroxyl groups is 5. The van der Waals surface area contributed by atoms with Gasteiger partial charge in [0.25, 0.3) is 0 Å². The van der Waals surface area contributed by atoms with E-state index < -0.39 is 113 Å². The van der Waals surface area contributed by atoms with Gasteiger partial charge in [-0.25, -0.2) is 0 Å². The van der Waals surface area contributed by atoms with Gasteiger partial charge in [0.15, 0.2) is 12.6 Å². The van der Waals surface area contributed by atoms with Crippen molar-refractivity contribution in [3.8, 4) is 0 Å². The van der Waals surface area contributed by atoms with E-state index in [0.29, 0.717) is 12.0 Å². The number of nitrogens with one attached hydrogen (secondary N) is 1. The third-order valence-electron chi connectivity index (χ3n) is 13.6. The van der Waals surface area contributed by atoms with Crippen LogP contribution in [0.3, 0.4) is 0 Å². The Morgan fingerprint density at radius 2 is 1.54 bits per heavy atom. The van der Waals surface area contributed by atoms with Gasteiger partial charge in [0.1, 0.15) is 23.9 Å². The van der Waals surface area contributed by atoms with Crippen molar-refractivity contribution in [2.75, 3.05) is 21.2 Å². The molecule has 362 valence electrons. The third kappa shape index (κ3) is 12.3. The van der Waals surface area contributed by atoms with E-state index in [4.69, 9.17) is 28.4 Å². The lowest BCUT2D eigenvalue weighted by atomic mass is 9.73. The second kappa shape index (κ2) is 21.0. The summed E-state index contributed by atoms with van der Waals surface area (Å²) in [6, 6.07) is 4.21. The minimum absolute atomic E-state index is 0.00195. The Kier molecular flexibility index (Phi) is 17.7. The van der Waals surface area contributed by atoms with Crippen LogP contribution in [0, 0.1) is 23.7 Å². The molecule has 18 heteroatoms. The Bertz CT molecular complexity index is 1670. The van der Waals surface area contributed by atoms with Gasteiger partial charge >= 0.3 is 12.1 Å². The number of rotatable bonds is 10. The molecule has 3 heterocycles. The fourth-order valence-corrected chi connectivity index (χ4v) is 9.67. The van der Waals surface area contributed by atoms with Crippen LogP contribution < -0.4 is 5.43 Å². The molecule has 0 radical (unpaired) electrons. The zero-order valence-electron chi connectivity index (χ0n) is 39.1. The molecule has 3 saturated heterocycles. The fourth-order valence-electron chi connectivity index (χ4n) is 9.67. The molecule has 3 fully saturated rings. The Morgan fingerprint density at radius 1 is 0.921 bits per heavy atom. The molecule has 1 unspecified atom stereocenters. The van der Waals surface area contributed by atoms with Crippen LogP contribution in [-0.2, 0) is 45.9 Å². The molecule has 3 aliphatic rings. The Hall–Kier alpha value is -2.49. The molecule has 0 aliphatic carbocycles. The van der Waals surface area contributed by atoms with Crippen molar-refractivity contribution in [1.29, 1.82) is 0 Å². The number of esters is 1. The monoisotopic (exact) mass is 906 g/mol. The largest absolute Gasteiger partial charge is 0.459 e. The second-order valence-electron chi connectivity index (χ2n) is 19.1. The number of hydrazone groups is 1. The summed E-state index contributed by atoms with van der Waals surface area (Å²) in [7, 11) is 5.14. The highest BCUT2D eigenvalue weighted by Gasteiger charge is 2.53. The number of ether oxygens (including phenoxy) is 6. The molecule has 6 N–H and O–H groups in total. The van der Waals surface area contributed by atoms with Crippen molar-refractivity contribution in [3.63, 3.8) is 0 Å². The summed E-state index contributed by atoms with van der Waals surface area (Å²) in [4.78, 5) is 16.3. The molecule has 0 bridgehead atoms. The average molecular weight is 906 g/mol. The molecule has 15 nitrogen and oxygen atoms in total. The van der Waals surface area contributed by atoms with Crippen molar-refractivity contribution >= 4 is 11.7 Å². The van der Waals surface area contributed by atoms with E-state index in [1.807, 2.05) is 25.9 Å². The van der Waals surface area contributed by atoms with Crippen molar-refractivity contribution in [3.05, 3.63) is 35.4 Å². The lowest BCUT2D eigenvalue weighted by Gasteiger charge is -2.49. The highest BCUT2D eigenvalue weighted by atomic mass is 19.4. The number of benzene rings is 1. The summed E-state index contributed by atoms with van der Waals surface area (Å²) in [5.74, 6) is -4.42. The summed E-state index contributed by atoms with van der Waals surface area (Å²) < 4.78 is 77.5. The number of alkyl halides is 3. The summed E-state index contributed by atoms with van der Waals surface area (Å²) >= 11 is 0. The number of nitrogens with zero attached hydrogens (tertiary/aromatic N) is 2. The number of halogens is 3. The number of carbonyl (C=O) groups excluding carboxylic acids is 1. The van der Waals surface area contributed by atoms with Gasteiger partial charge in [0.2, 0.25) is 0 Å². The van der Waals surface area contributed by atoms with Crippen LogP contribution in [-0.4, -0.2) is 148 Å². The van der Waals surface area contributed by atoms with Crippen molar-refractivity contribution in [1.82, 2.24) is 10.3 Å². The van der Waals surface area contributed by atoms with Crippen molar-refractivity contribution in [2.24, 2.45) is 28.8 Å². The molecule has 0 spiro atoms. The molecule has 63 heavy (non-hydrogen) atoms. The first-order valence-corrected chi connectivity index (χ1v) is 22.1. The van der Waals surface area contributed by atoms with Crippen LogP contribution in [0.15, 0.2) is 29.4 Å². The summed E-state index contributed by atoms with van der Waals surface area (Å²) in [5, 5.41) is 64.2. The smallest absolute Gasteiger partial charge is 0.416 e. The maximum atomic E-state index is 14.4. The van der Waals surface area contributed by atoms with Gasteiger partial charge in [-0.2, -0.15) is 18.3 Å². The maximum Gasteiger partial charge on any atom is 0.416 e. The number of methoxy groups -OCH3 is 1. The van der Waals surface area contributed by atoms with Crippen molar-refractivity contribution in [2.45, 2.75) is 192 Å². The van der Waals surface area contributed by atoms with E-state index in [1.54, 1.807) is 55.4 Å². The van der Waals surface area contributed by atoms with Crippen LogP contribution >= 0.6 is 0 Å². The molecule has 18 atom stereocenters. The first-order valence-electron chi connectivity index (χ1n) is 22.1. The van der Waals surface area contributed by atoms with Gasteiger partial charge in [-0.1, -0.05) is 39.8 Å². The predicted octanol–water partition coefficient (Wildman–Crippen LogP) is 4.38. The number of likely N-dealkylation sites (N-methyl/N-ethyl adjacent to an activating group) is 1. The first-order chi connectivity index (χ1) is 29.1. The lowest BCUT2D eigenvalue weighted by molar-refractivity contribution is -0.317. The minimum atomic E-state index is -4.51. The van der Waals surface area contributed by atoms with E-state index >= 15 is 0 Å². The fraction of sp³-hybridized carbons (Fsp3) is 0.822. The molecule has 1 aromatic rings. The number of hydrogen-bond acceptors (Lipinski definition) is 15. The predicted molar refractivity (Wildman–Crippen MR) is 227 cm³/mol. The Morgan fingerprint density at radius 3 is 2.10 bits per heavy atom. The van der Waals surface area contributed by atoms with Crippen molar-refractivity contribution < 1.29 is 71.9 Å². The van der Waals surface area contributed by atoms with Crippen LogP contribution in [0.1, 0.15) is 106 Å². The zero-order valence-corrected chi connectivity index (χ0v) is 39.1. The number of hydrogen-bond donors (Lipinski definition) is 6. The average Bonchev–Trinajstić information content (AvgIpc) is 3.20. The first kappa shape index (κ1) is 53.1. The summed E-state index contributed by atoms with van der Waals surface area (Å²) in [6.45, 7) is 16.6. The normalized spacial score (nSPS) is 43.4. The standard InChI is InChI=1S/C45H74F3N3O12/c1-14-32-44(10,57)37(53)25(4)34(50-49-22-29-15-17-30(18-16-29)45(46,47)48)23(2)20-42(8,56)39(63-41-35(52)31(51(11)12)19-24(3)59-41)26(5)36(27(6)40(55)61-32)62-33-21-43(9,58-13)38(54)28(7)60-33/h15-18,23-28,31-33,35-39,41,49,52-54,56-57H,14,19-22H2,1-13H3/b50-34+/t23-,24-,25+,26+,27-,28+,31+,32-,33?,35-,36+,37-,38+,39-,41+,42-,43-,44-/m1/s1. The maximum absolute atomic E-state index is 14.4. The van der Waals surface area contributed by atoms with Crippen LogP contribution in [0.4, 0.5) is 13.2 Å². The molecule has 0 saturated carbocycles. The molecule has 0 aromatic heterocycles. The van der Waals surface area contributed by atoms with Gasteiger partial charge in [0, 0.05) is 37.1 Å². The SMILES string of the molecule is CC[C@H]1OC(=O)[C@H](C)[C@@H](OC2C[C@@](C)(OC)[C@@H](O)[C@H](C)O2)[C@H](C)[C@@H](O[C@@H]2O[C@H](C)C[C@H](N(C)C)[C@H]2O)[C@](C)(O)C[C@@H](C)/C(=N\NCc2ccc(C(F)(F)F)cc2)[C@H](C)[C@@H](O)[C@]1(C)O. The van der Waals surface area contributed by atoms with Gasteiger partial charge in [0.05, 0.1) is 59.7 Å². The van der Waals surface area contributed by atoms with E-state index in [9.17, 15) is 43.5 Å². The van der Waals surface area contributed by atoms with E-state index in [-0.39, 0.29) is 43.7 Å². The third-order valence-corrected chi connectivity index (χ3v) is 13.6. The summed E-state index contributed by atoms with van der Waals surface area (Å²) in [6.07, 6.45) is -14.7. The quantitative estimate of drug-likeness (QED) is 0.143. The summed E-state index contributed by atoms with van der Waals surface area (Å²) in [5.41, 5.74) is -2.08. The number of aliphatic hydroxyl groups excluding tert-OH is 3. The van der Waals surface area contributed by atoms with E-state index in [1.165, 1.54) is 26.2 Å². The van der Waals surface area contributed by atoms with Gasteiger partial charge in [-0.15, -0.1) is 0 Å². The number of carbonyl (C=O) groups is 1. The topological polar surface area (TPSA) is 201 Å². The van der Waals surface area contributed by atoms with Gasteiger partial charge in [-0.05, 0) is 98.5 Å². The van der Waals surface area contributed by atoms with E-state index in [2.05, 4.69) is 10.5 Å². The minimum Gasteiger partial charge on any atom is -0.459 e. The highest BCUT2D eigenvalue weighted by molar-refractivity contribution is 5.89. The molecular formula is C45H74F3N3O12.